The van der Waals surface area contributed by atoms with Crippen molar-refractivity contribution < 1.29 is 50.1 Å². The Kier molecular flexibility index (Phi) is 13.0. The number of rotatable bonds is 16. The number of halogens is 4. The first-order valence-corrected chi connectivity index (χ1v) is 21.4. The monoisotopic (exact) mass is 917 g/mol. The summed E-state index contributed by atoms with van der Waals surface area (Å²) < 4.78 is 93.6. The maximum atomic E-state index is 14.6. The fraction of sp³-hybridized carbons (Fsp3) is 0.279. The number of hydrogen-bond donors (Lipinski definition) is 5. The van der Waals surface area contributed by atoms with E-state index < -0.39 is 73.4 Å². The van der Waals surface area contributed by atoms with Crippen LogP contribution in [0.5, 0.6) is 5.75 Å². The summed E-state index contributed by atoms with van der Waals surface area (Å²) in [6.45, 7) is 1.45. The van der Waals surface area contributed by atoms with E-state index in [9.17, 15) is 45.5 Å². The number of carbonyl (C=O) groups is 2. The highest BCUT2D eigenvalue weighted by molar-refractivity contribution is 7.91. The van der Waals surface area contributed by atoms with Gasteiger partial charge in [-0.2, -0.15) is 28.6 Å². The predicted molar refractivity (Wildman–Crippen MR) is 226 cm³/mol. The van der Waals surface area contributed by atoms with E-state index in [4.69, 9.17) is 14.7 Å². The van der Waals surface area contributed by atoms with Gasteiger partial charge < -0.3 is 30.5 Å². The quantitative estimate of drug-likeness (QED) is 0.0608. The van der Waals surface area contributed by atoms with Gasteiger partial charge >= 0.3 is 6.18 Å². The van der Waals surface area contributed by atoms with Crippen LogP contribution < -0.4 is 26.2 Å². The lowest BCUT2D eigenvalue weighted by atomic mass is 9.83. The van der Waals surface area contributed by atoms with E-state index >= 15 is 0 Å². The van der Waals surface area contributed by atoms with Crippen LogP contribution in [-0.2, 0) is 37.4 Å². The molecule has 1 unspecified atom stereocenters. The Morgan fingerprint density at radius 1 is 0.985 bits per heavy atom. The summed E-state index contributed by atoms with van der Waals surface area (Å²) in [6.07, 6.45) is -3.01. The van der Waals surface area contributed by atoms with Gasteiger partial charge in [-0.3, -0.25) is 19.1 Å². The number of aliphatic hydroxyl groups is 1. The van der Waals surface area contributed by atoms with Crippen LogP contribution in [0.25, 0.3) is 10.8 Å². The summed E-state index contributed by atoms with van der Waals surface area (Å²) in [6, 6.07) is 18.0. The van der Waals surface area contributed by atoms with Crippen molar-refractivity contribution in [2.24, 2.45) is 7.05 Å². The molecule has 3 heterocycles. The van der Waals surface area contributed by atoms with E-state index in [0.717, 1.165) is 24.6 Å². The molecule has 0 radical (unpaired) electrons. The molecule has 338 valence electrons. The number of sulfone groups is 1. The molecule has 0 bridgehead atoms. The molecule has 3 atom stereocenters. The zero-order valence-corrected chi connectivity index (χ0v) is 35.3. The van der Waals surface area contributed by atoms with Gasteiger partial charge in [0.2, 0.25) is 5.91 Å². The maximum absolute atomic E-state index is 14.6. The minimum Gasteiger partial charge on any atom is -0.494 e. The molecule has 1 aliphatic rings. The number of nitrogens with zero attached hydrogens (tertiary/aromatic N) is 5. The predicted octanol–water partition coefficient (Wildman–Crippen LogP) is 5.36. The van der Waals surface area contributed by atoms with Crippen molar-refractivity contribution in [3.63, 3.8) is 0 Å². The Morgan fingerprint density at radius 2 is 1.71 bits per heavy atom. The first-order chi connectivity index (χ1) is 30.8. The van der Waals surface area contributed by atoms with Crippen LogP contribution in [0.4, 0.5) is 34.6 Å². The molecule has 0 spiro atoms. The molecule has 17 nitrogen and oxygen atoms in total. The normalized spacial score (nSPS) is 15.7. The second kappa shape index (κ2) is 18.5. The number of ether oxygens (including phenoxy) is 2. The molecule has 7 rings (SSSR count). The third-order valence-electron chi connectivity index (χ3n) is 10.4. The number of aromatic amines is 1. The van der Waals surface area contributed by atoms with Crippen LogP contribution in [0.1, 0.15) is 59.9 Å². The van der Waals surface area contributed by atoms with Crippen LogP contribution in [0.3, 0.4) is 0 Å². The van der Waals surface area contributed by atoms with Gasteiger partial charge in [-0.1, -0.05) is 12.1 Å². The lowest BCUT2D eigenvalue weighted by molar-refractivity contribution is -0.138. The summed E-state index contributed by atoms with van der Waals surface area (Å²) in [5.74, 6) is -2.91. The number of benzene rings is 4. The van der Waals surface area contributed by atoms with E-state index in [1.165, 1.54) is 48.8 Å². The molecular formula is C43H39F4N9O8S. The highest BCUT2D eigenvalue weighted by Gasteiger charge is 2.39. The standard InChI is InChI=1S/C43H39F4N9O8S/c1-42(60,41(59)52-28-9-6-25(21-48)32(20-28)43(45,46)47)22-65(61,62)30-12-10-29(11-13-30)64-16-3-15-63-17-14-34(57)51-27-7-4-24(5-8-27)37-36(39-49-23-50-56(39)2)38-35-31(40(58)55-54-38)18-26(44)19-33(35)53-37/h4-13,18-20,23,36-37,53,60H,3,14-17,22H2,1-2H3,(H,51,57)(H,52,59)(H,55,58)/t36?,37-,42+/m1/s1. The fourth-order valence-corrected chi connectivity index (χ4v) is 8.86. The Balaban J connectivity index is 0.848. The molecule has 65 heavy (non-hydrogen) atoms. The van der Waals surface area contributed by atoms with Gasteiger partial charge in [0.1, 0.15) is 23.7 Å². The zero-order valence-electron chi connectivity index (χ0n) is 34.4. The van der Waals surface area contributed by atoms with Crippen LogP contribution in [-0.4, -0.2) is 81.5 Å². The first kappa shape index (κ1) is 45.8. The molecule has 22 heteroatoms. The van der Waals surface area contributed by atoms with Crippen molar-refractivity contribution in [2.45, 2.75) is 48.4 Å². The van der Waals surface area contributed by atoms with Gasteiger partial charge in [-0.15, -0.1) is 0 Å². The Hall–Kier alpha value is -7.22. The fourth-order valence-electron chi connectivity index (χ4n) is 7.27. The Morgan fingerprint density at radius 3 is 2.38 bits per heavy atom. The Bertz CT molecular complexity index is 2970. The van der Waals surface area contributed by atoms with Gasteiger partial charge in [-0.25, -0.2) is 22.9 Å². The number of hydrogen-bond acceptors (Lipinski definition) is 13. The highest BCUT2D eigenvalue weighted by atomic mass is 32.2. The highest BCUT2D eigenvalue weighted by Crippen LogP contribution is 2.46. The smallest absolute Gasteiger partial charge is 0.417 e. The lowest BCUT2D eigenvalue weighted by Crippen LogP contribution is -2.45. The number of nitriles is 1. The van der Waals surface area contributed by atoms with Crippen molar-refractivity contribution in [1.29, 1.82) is 5.26 Å². The Labute approximate surface area is 367 Å². The molecule has 0 saturated heterocycles. The van der Waals surface area contributed by atoms with Gasteiger partial charge in [-0.05, 0) is 79.2 Å². The summed E-state index contributed by atoms with van der Waals surface area (Å²) >= 11 is 0. The number of anilines is 3. The minimum atomic E-state index is -4.90. The number of aromatic nitrogens is 5. The second-order valence-electron chi connectivity index (χ2n) is 15.2. The van der Waals surface area contributed by atoms with Gasteiger partial charge in [0.05, 0.1) is 70.5 Å². The van der Waals surface area contributed by atoms with E-state index in [2.05, 4.69) is 36.2 Å². The zero-order chi connectivity index (χ0) is 46.7. The van der Waals surface area contributed by atoms with E-state index in [-0.39, 0.29) is 42.4 Å². The van der Waals surface area contributed by atoms with Crippen molar-refractivity contribution >= 4 is 49.5 Å². The van der Waals surface area contributed by atoms with Crippen molar-refractivity contribution in [2.75, 3.05) is 41.5 Å². The molecule has 5 N–H and O–H groups in total. The number of alkyl halides is 3. The second-order valence-corrected chi connectivity index (χ2v) is 17.2. The van der Waals surface area contributed by atoms with Crippen molar-refractivity contribution in [3.8, 4) is 11.8 Å². The molecule has 0 saturated carbocycles. The third-order valence-corrected chi connectivity index (χ3v) is 12.4. The molecule has 6 aromatic rings. The van der Waals surface area contributed by atoms with Gasteiger partial charge in [0.15, 0.2) is 15.4 Å². The molecule has 2 amide bonds. The van der Waals surface area contributed by atoms with E-state index in [0.29, 0.717) is 46.5 Å². The molecule has 0 aliphatic carbocycles. The molecular weight excluding hydrogens is 879 g/mol. The minimum absolute atomic E-state index is 0.0517. The summed E-state index contributed by atoms with van der Waals surface area (Å²) in [4.78, 5) is 42.3. The maximum Gasteiger partial charge on any atom is 0.417 e. The van der Waals surface area contributed by atoms with E-state index in [1.807, 2.05) is 12.1 Å². The first-order valence-electron chi connectivity index (χ1n) is 19.8. The number of H-pyrrole nitrogens is 1. The van der Waals surface area contributed by atoms with Crippen LogP contribution in [0.2, 0.25) is 0 Å². The SMILES string of the molecule is Cn1ncnc1C1c2n[nH]c(=O)c3cc(F)cc(c23)N[C@@H]1c1ccc(NC(=O)CCOCCCOc2ccc(S(=O)(=O)C[C@](C)(O)C(=O)Nc3ccc(C#N)c(C(F)(F)F)c3)cc2)cc1. The number of nitrogens with one attached hydrogen (secondary N) is 4. The number of aryl methyl sites for hydroxylation is 1. The van der Waals surface area contributed by atoms with Gasteiger partial charge in [0, 0.05) is 42.5 Å². The molecule has 0 fully saturated rings. The van der Waals surface area contributed by atoms with Crippen molar-refractivity contribution in [3.05, 3.63) is 130 Å². The average Bonchev–Trinajstić information content (AvgIpc) is 3.68. The number of amides is 2. The average molecular weight is 918 g/mol. The summed E-state index contributed by atoms with van der Waals surface area (Å²) in [5.41, 5.74) is -3.27. The van der Waals surface area contributed by atoms with Crippen LogP contribution in [0.15, 0.2) is 94.9 Å². The molecule has 4 aromatic carbocycles. The van der Waals surface area contributed by atoms with E-state index in [1.54, 1.807) is 23.9 Å². The largest absolute Gasteiger partial charge is 0.494 e. The third kappa shape index (κ3) is 10.3. The molecule has 2 aromatic heterocycles. The topological polar surface area (TPSA) is 243 Å². The van der Waals surface area contributed by atoms with Crippen LogP contribution in [0, 0.1) is 17.1 Å². The lowest BCUT2D eigenvalue weighted by Gasteiger charge is -2.33. The van der Waals surface area contributed by atoms with Gasteiger partial charge in [0.25, 0.3) is 11.5 Å². The summed E-state index contributed by atoms with van der Waals surface area (Å²) in [5, 5.41) is 39.7. The number of carbonyl (C=O) groups excluding carboxylic acids is 2. The summed E-state index contributed by atoms with van der Waals surface area (Å²) in [7, 11) is -2.55. The van der Waals surface area contributed by atoms with Crippen LogP contribution >= 0.6 is 0 Å². The molecule has 1 aliphatic heterocycles. The van der Waals surface area contributed by atoms with Crippen molar-refractivity contribution in [1.82, 2.24) is 25.0 Å².